The maximum atomic E-state index is 10.5. The van der Waals surface area contributed by atoms with Crippen LogP contribution in [0.5, 0.6) is 5.75 Å². The molecular weight excluding hydrogens is 364 g/mol. The van der Waals surface area contributed by atoms with Crippen molar-refractivity contribution in [3.8, 4) is 22.7 Å². The van der Waals surface area contributed by atoms with Gasteiger partial charge in [0.25, 0.3) is 0 Å². The average Bonchev–Trinajstić information content (AvgIpc) is 3.32. The Bertz CT molecular complexity index is 1000. The summed E-state index contributed by atoms with van der Waals surface area (Å²) in [5.74, 6) is 3.50. The summed E-state index contributed by atoms with van der Waals surface area (Å²) >= 11 is 0. The first-order valence-electron chi connectivity index (χ1n) is 10.4. The Kier molecular flexibility index (Phi) is 4.45. The predicted octanol–water partition coefficient (Wildman–Crippen LogP) is 3.75. The first-order valence-corrected chi connectivity index (χ1v) is 10.4. The van der Waals surface area contributed by atoms with Crippen molar-refractivity contribution < 1.29 is 5.11 Å². The Morgan fingerprint density at radius 1 is 1.03 bits per heavy atom. The lowest BCUT2D eigenvalue weighted by Crippen LogP contribution is -2.37. The average molecular weight is 390 g/mol. The summed E-state index contributed by atoms with van der Waals surface area (Å²) in [6, 6.07) is 9.90. The van der Waals surface area contributed by atoms with Gasteiger partial charge in [0.1, 0.15) is 17.9 Å². The van der Waals surface area contributed by atoms with Crippen LogP contribution >= 0.6 is 0 Å². The maximum Gasteiger partial charge on any atom is 0.151 e. The van der Waals surface area contributed by atoms with Crippen LogP contribution in [0.3, 0.4) is 0 Å². The normalized spacial score (nSPS) is 23.3. The van der Waals surface area contributed by atoms with Crippen molar-refractivity contribution in [2.75, 3.05) is 11.9 Å². The summed E-state index contributed by atoms with van der Waals surface area (Å²) in [5.41, 5.74) is 2.07. The molecule has 150 valence electrons. The first-order chi connectivity index (χ1) is 14.1. The van der Waals surface area contributed by atoms with Crippen LogP contribution < -0.4 is 4.90 Å². The van der Waals surface area contributed by atoms with E-state index in [-0.39, 0.29) is 5.75 Å². The van der Waals surface area contributed by atoms with Crippen LogP contribution in [0, 0.1) is 18.8 Å². The molecule has 2 aliphatic rings. The van der Waals surface area contributed by atoms with Gasteiger partial charge in [0.05, 0.1) is 11.4 Å². The molecule has 5 rings (SSSR count). The molecule has 0 spiro atoms. The zero-order chi connectivity index (χ0) is 20.0. The minimum Gasteiger partial charge on any atom is -0.507 e. The molecule has 29 heavy (non-hydrogen) atoms. The summed E-state index contributed by atoms with van der Waals surface area (Å²) in [6.45, 7) is 1.83. The van der Waals surface area contributed by atoms with E-state index in [1.165, 1.54) is 32.1 Å². The van der Waals surface area contributed by atoms with Gasteiger partial charge in [-0.2, -0.15) is 5.10 Å². The van der Waals surface area contributed by atoms with Crippen LogP contribution in [0.15, 0.2) is 36.7 Å². The molecule has 1 N–H and O–H groups in total. The van der Waals surface area contributed by atoms with Gasteiger partial charge in [-0.15, -0.1) is 10.2 Å². The summed E-state index contributed by atoms with van der Waals surface area (Å²) in [5, 5.41) is 23.7. The number of hydrogen-bond donors (Lipinski definition) is 1. The molecule has 0 radical (unpaired) electrons. The molecule has 1 aromatic carbocycles. The molecule has 2 aromatic heterocycles. The molecule has 3 atom stereocenters. The van der Waals surface area contributed by atoms with E-state index in [1.807, 2.05) is 31.2 Å². The third-order valence-corrected chi connectivity index (χ3v) is 6.55. The number of benzene rings is 1. The lowest BCUT2D eigenvalue weighted by Gasteiger charge is -2.35. The van der Waals surface area contributed by atoms with Crippen LogP contribution in [-0.2, 0) is 0 Å². The second-order valence-corrected chi connectivity index (χ2v) is 8.50. The number of phenolic OH excluding ortho intramolecular Hbond substituents is 1. The quantitative estimate of drug-likeness (QED) is 0.731. The second-order valence-electron chi connectivity index (χ2n) is 8.50. The van der Waals surface area contributed by atoms with E-state index < -0.39 is 0 Å². The smallest absolute Gasteiger partial charge is 0.151 e. The number of fused-ring (bicyclic) bond motifs is 2. The number of phenols is 1. The standard InChI is InChI=1S/C22H26N6O/c1-14-23-13-28(26-14)17-5-6-19(21(29)12-17)20-7-8-22(25-24-20)27(2)18-10-15-3-4-16(9-15)11-18/h5-8,12-13,15-16,18,29H,3-4,9-11H2,1-2H3/t15-,16+,18?. The largest absolute Gasteiger partial charge is 0.507 e. The Balaban J connectivity index is 1.34. The summed E-state index contributed by atoms with van der Waals surface area (Å²) in [6.07, 6.45) is 8.36. The lowest BCUT2D eigenvalue weighted by atomic mass is 9.85. The predicted molar refractivity (Wildman–Crippen MR) is 111 cm³/mol. The van der Waals surface area contributed by atoms with Gasteiger partial charge in [-0.25, -0.2) is 9.67 Å². The van der Waals surface area contributed by atoms with Gasteiger partial charge in [-0.3, -0.25) is 0 Å². The fourth-order valence-electron chi connectivity index (χ4n) is 4.98. The zero-order valence-electron chi connectivity index (χ0n) is 16.9. The van der Waals surface area contributed by atoms with E-state index in [4.69, 9.17) is 0 Å². The van der Waals surface area contributed by atoms with Crippen molar-refractivity contribution in [2.24, 2.45) is 11.8 Å². The molecule has 0 amide bonds. The molecule has 1 unspecified atom stereocenters. The van der Waals surface area contributed by atoms with Gasteiger partial charge < -0.3 is 10.0 Å². The van der Waals surface area contributed by atoms with Gasteiger partial charge in [0.15, 0.2) is 5.82 Å². The summed E-state index contributed by atoms with van der Waals surface area (Å²) in [7, 11) is 2.13. The number of nitrogens with zero attached hydrogens (tertiary/aromatic N) is 6. The number of aromatic nitrogens is 5. The second kappa shape index (κ2) is 7.13. The van der Waals surface area contributed by atoms with Crippen molar-refractivity contribution >= 4 is 5.82 Å². The van der Waals surface area contributed by atoms with Crippen LogP contribution in [-0.4, -0.2) is 43.2 Å². The van der Waals surface area contributed by atoms with Gasteiger partial charge in [0, 0.05) is 24.7 Å². The van der Waals surface area contributed by atoms with E-state index in [1.54, 1.807) is 17.1 Å². The van der Waals surface area contributed by atoms with E-state index >= 15 is 0 Å². The fraction of sp³-hybridized carbons (Fsp3) is 0.455. The number of anilines is 1. The third-order valence-electron chi connectivity index (χ3n) is 6.55. The first kappa shape index (κ1) is 18.1. The van der Waals surface area contributed by atoms with Gasteiger partial charge in [0.2, 0.25) is 0 Å². The molecule has 2 heterocycles. The Labute approximate surface area is 170 Å². The Morgan fingerprint density at radius 2 is 1.83 bits per heavy atom. The highest BCUT2D eigenvalue weighted by Gasteiger charge is 2.36. The van der Waals surface area contributed by atoms with E-state index in [9.17, 15) is 5.11 Å². The number of aryl methyl sites for hydroxylation is 1. The van der Waals surface area contributed by atoms with Crippen LogP contribution in [0.4, 0.5) is 5.82 Å². The molecule has 7 nitrogen and oxygen atoms in total. The summed E-state index contributed by atoms with van der Waals surface area (Å²) < 4.78 is 1.64. The molecular formula is C22H26N6O. The topological polar surface area (TPSA) is 80.0 Å². The van der Waals surface area contributed by atoms with Crippen LogP contribution in [0.25, 0.3) is 16.9 Å². The Hall–Kier alpha value is -2.96. The third kappa shape index (κ3) is 3.45. The van der Waals surface area contributed by atoms with E-state index in [0.29, 0.717) is 23.1 Å². The minimum absolute atomic E-state index is 0.148. The highest BCUT2D eigenvalue weighted by atomic mass is 16.3. The highest BCUT2D eigenvalue weighted by molar-refractivity contribution is 5.69. The molecule has 0 saturated heterocycles. The van der Waals surface area contributed by atoms with Crippen molar-refractivity contribution in [1.82, 2.24) is 25.0 Å². The molecule has 2 fully saturated rings. The SMILES string of the molecule is Cc1ncn(-c2ccc(-c3ccc(N(C)C4C[C@H]5CC[C@@H](C4)C5)nn3)c(O)c2)n1. The molecule has 2 saturated carbocycles. The van der Waals surface area contributed by atoms with Gasteiger partial charge in [-0.05, 0) is 62.3 Å². The highest BCUT2D eigenvalue weighted by Crippen LogP contribution is 2.43. The van der Waals surface area contributed by atoms with Gasteiger partial charge in [-0.1, -0.05) is 12.8 Å². The fourth-order valence-corrected chi connectivity index (χ4v) is 4.98. The number of rotatable bonds is 4. The van der Waals surface area contributed by atoms with Crippen LogP contribution in [0.1, 0.15) is 37.9 Å². The molecule has 7 heteroatoms. The van der Waals surface area contributed by atoms with Crippen molar-refractivity contribution in [3.05, 3.63) is 42.5 Å². The lowest BCUT2D eigenvalue weighted by molar-refractivity contribution is 0.312. The monoisotopic (exact) mass is 390 g/mol. The Morgan fingerprint density at radius 3 is 2.45 bits per heavy atom. The molecule has 2 bridgehead atoms. The number of aromatic hydroxyl groups is 1. The van der Waals surface area contributed by atoms with Gasteiger partial charge >= 0.3 is 0 Å². The van der Waals surface area contributed by atoms with Crippen molar-refractivity contribution in [1.29, 1.82) is 0 Å². The zero-order valence-corrected chi connectivity index (χ0v) is 16.9. The van der Waals surface area contributed by atoms with Crippen LogP contribution in [0.2, 0.25) is 0 Å². The van der Waals surface area contributed by atoms with Crippen molar-refractivity contribution in [3.63, 3.8) is 0 Å². The van der Waals surface area contributed by atoms with Crippen molar-refractivity contribution in [2.45, 2.75) is 45.1 Å². The molecule has 3 aromatic rings. The maximum absolute atomic E-state index is 10.5. The number of hydrogen-bond acceptors (Lipinski definition) is 6. The van der Waals surface area contributed by atoms with E-state index in [2.05, 4.69) is 32.2 Å². The minimum atomic E-state index is 0.148. The van der Waals surface area contributed by atoms with E-state index in [0.717, 1.165) is 23.3 Å². The molecule has 0 aliphatic heterocycles. The molecule has 2 aliphatic carbocycles. The summed E-state index contributed by atoms with van der Waals surface area (Å²) in [4.78, 5) is 6.41.